The maximum absolute atomic E-state index is 4.13. The van der Waals surface area contributed by atoms with Gasteiger partial charge in [-0.25, -0.2) is 0 Å². The van der Waals surface area contributed by atoms with Gasteiger partial charge in [-0.1, -0.05) is 6.92 Å². The highest BCUT2D eigenvalue weighted by Gasteiger charge is 2.21. The van der Waals surface area contributed by atoms with E-state index in [2.05, 4.69) is 12.7 Å². The highest BCUT2D eigenvalue weighted by molar-refractivity contribution is 7.12. The van der Waals surface area contributed by atoms with Crippen LogP contribution in [-0.2, 0) is 19.3 Å². The van der Waals surface area contributed by atoms with Crippen molar-refractivity contribution < 1.29 is 5.73 Å². The van der Waals surface area contributed by atoms with Crippen LogP contribution in [-0.4, -0.2) is 0 Å². The summed E-state index contributed by atoms with van der Waals surface area (Å²) in [5.74, 6) is 0. The molecular formula is C9H14NS+. The van der Waals surface area contributed by atoms with Gasteiger partial charge in [0.25, 0.3) is 0 Å². The quantitative estimate of drug-likeness (QED) is 0.660. The summed E-state index contributed by atoms with van der Waals surface area (Å²) < 4.78 is 0. The highest BCUT2D eigenvalue weighted by atomic mass is 32.1. The smallest absolute Gasteiger partial charge is 0.145 e. The number of thiophene rings is 1. The van der Waals surface area contributed by atoms with E-state index in [-0.39, 0.29) is 0 Å². The minimum Gasteiger partial charge on any atom is -0.324 e. The first kappa shape index (κ1) is 7.32. The van der Waals surface area contributed by atoms with E-state index in [1.807, 2.05) is 11.3 Å². The molecule has 1 nitrogen and oxygen atoms in total. The van der Waals surface area contributed by atoms with Crippen molar-refractivity contribution in [3.05, 3.63) is 15.3 Å². The van der Waals surface area contributed by atoms with Crippen molar-refractivity contribution >= 4 is 17.0 Å². The van der Waals surface area contributed by atoms with E-state index in [0.29, 0.717) is 0 Å². The Bertz CT molecular complexity index is 275. The maximum atomic E-state index is 4.13. The minimum absolute atomic E-state index is 1.16. The Balaban J connectivity index is 2.49. The largest absolute Gasteiger partial charge is 0.324 e. The van der Waals surface area contributed by atoms with Gasteiger partial charge in [0.2, 0.25) is 0 Å². The van der Waals surface area contributed by atoms with Gasteiger partial charge in [-0.15, -0.1) is 11.3 Å². The zero-order valence-corrected chi connectivity index (χ0v) is 7.76. The fourth-order valence-corrected chi connectivity index (χ4v) is 3.10. The van der Waals surface area contributed by atoms with Crippen molar-refractivity contribution in [1.82, 2.24) is 0 Å². The SMILES string of the molecule is CCc1sc2c(c1[NH3+])CCC2. The van der Waals surface area contributed by atoms with Crippen LogP contribution in [0.3, 0.4) is 0 Å². The average molecular weight is 168 g/mol. The highest BCUT2D eigenvalue weighted by Crippen LogP contribution is 2.36. The first-order valence-electron chi connectivity index (χ1n) is 4.28. The summed E-state index contributed by atoms with van der Waals surface area (Å²) >= 11 is 1.99. The molecule has 0 aromatic carbocycles. The van der Waals surface area contributed by atoms with Crippen LogP contribution in [0.1, 0.15) is 28.7 Å². The second kappa shape index (κ2) is 2.61. The van der Waals surface area contributed by atoms with Gasteiger partial charge in [-0.3, -0.25) is 0 Å². The molecular weight excluding hydrogens is 154 g/mol. The average Bonchev–Trinajstić information content (AvgIpc) is 2.53. The van der Waals surface area contributed by atoms with Gasteiger partial charge in [0.05, 0.1) is 4.88 Å². The molecule has 0 unspecified atom stereocenters. The molecule has 3 N–H and O–H groups in total. The molecule has 1 aliphatic carbocycles. The zero-order chi connectivity index (χ0) is 7.84. The lowest BCUT2D eigenvalue weighted by Crippen LogP contribution is -2.41. The van der Waals surface area contributed by atoms with Gasteiger partial charge in [-0.05, 0) is 25.7 Å². The van der Waals surface area contributed by atoms with Gasteiger partial charge in [0.1, 0.15) is 5.69 Å². The normalized spacial score (nSPS) is 15.5. The van der Waals surface area contributed by atoms with Crippen LogP contribution < -0.4 is 5.73 Å². The predicted molar refractivity (Wildman–Crippen MR) is 48.3 cm³/mol. The van der Waals surface area contributed by atoms with Gasteiger partial charge in [0.15, 0.2) is 0 Å². The Labute approximate surface area is 71.2 Å². The Morgan fingerprint density at radius 3 is 2.91 bits per heavy atom. The van der Waals surface area contributed by atoms with E-state index >= 15 is 0 Å². The van der Waals surface area contributed by atoms with E-state index in [9.17, 15) is 0 Å². The van der Waals surface area contributed by atoms with Crippen molar-refractivity contribution in [3.63, 3.8) is 0 Å². The molecule has 0 spiro atoms. The number of hydrogen-bond acceptors (Lipinski definition) is 1. The summed E-state index contributed by atoms with van der Waals surface area (Å²) in [4.78, 5) is 3.13. The molecule has 60 valence electrons. The molecule has 0 bridgehead atoms. The van der Waals surface area contributed by atoms with Gasteiger partial charge < -0.3 is 5.73 Å². The summed E-state index contributed by atoms with van der Waals surface area (Å²) in [6.07, 6.45) is 5.11. The fraction of sp³-hybridized carbons (Fsp3) is 0.556. The molecule has 1 heterocycles. The third-order valence-corrected chi connectivity index (χ3v) is 3.91. The fourth-order valence-electron chi connectivity index (χ4n) is 1.81. The maximum Gasteiger partial charge on any atom is 0.145 e. The monoisotopic (exact) mass is 168 g/mol. The van der Waals surface area contributed by atoms with E-state index in [1.54, 1.807) is 10.4 Å². The molecule has 0 atom stereocenters. The van der Waals surface area contributed by atoms with Crippen molar-refractivity contribution in [2.75, 3.05) is 0 Å². The lowest BCUT2D eigenvalue weighted by molar-refractivity contribution is -0.256. The molecule has 0 amide bonds. The number of hydrogen-bond donors (Lipinski definition) is 1. The van der Waals surface area contributed by atoms with Gasteiger partial charge >= 0.3 is 0 Å². The van der Waals surface area contributed by atoms with Crippen LogP contribution in [0.15, 0.2) is 0 Å². The molecule has 11 heavy (non-hydrogen) atoms. The van der Waals surface area contributed by atoms with Crippen LogP contribution >= 0.6 is 11.3 Å². The Kier molecular flexibility index (Phi) is 1.74. The Morgan fingerprint density at radius 1 is 1.45 bits per heavy atom. The number of fused-ring (bicyclic) bond motifs is 1. The van der Waals surface area contributed by atoms with E-state index in [0.717, 1.165) is 6.42 Å². The summed E-state index contributed by atoms with van der Waals surface area (Å²) in [6, 6.07) is 0. The molecule has 0 saturated heterocycles. The van der Waals surface area contributed by atoms with Crippen LogP contribution in [0, 0.1) is 0 Å². The lowest BCUT2D eigenvalue weighted by atomic mass is 10.2. The number of aryl methyl sites for hydroxylation is 2. The van der Waals surface area contributed by atoms with E-state index in [4.69, 9.17) is 0 Å². The first-order chi connectivity index (χ1) is 5.33. The van der Waals surface area contributed by atoms with Crippen LogP contribution in [0.4, 0.5) is 5.69 Å². The third kappa shape index (κ3) is 1.01. The summed E-state index contributed by atoms with van der Waals surface area (Å²) in [6.45, 7) is 2.22. The van der Waals surface area contributed by atoms with E-state index in [1.165, 1.54) is 29.8 Å². The summed E-state index contributed by atoms with van der Waals surface area (Å²) in [5.41, 5.74) is 7.06. The molecule has 2 rings (SSSR count). The molecule has 0 saturated carbocycles. The number of rotatable bonds is 1. The Morgan fingerprint density at radius 2 is 2.27 bits per heavy atom. The molecule has 0 radical (unpaired) electrons. The second-order valence-corrected chi connectivity index (χ2v) is 4.30. The molecule has 1 aromatic heterocycles. The van der Waals surface area contributed by atoms with Crippen LogP contribution in [0.25, 0.3) is 0 Å². The molecule has 1 aromatic rings. The molecule has 0 aliphatic heterocycles. The standard InChI is InChI=1S/C9H13NS/c1-2-7-9(10)6-4-3-5-8(6)11-7/h2-5,10H2,1H3/p+1. The van der Waals surface area contributed by atoms with Gasteiger partial charge in [-0.2, -0.15) is 0 Å². The summed E-state index contributed by atoms with van der Waals surface area (Å²) in [7, 11) is 0. The van der Waals surface area contributed by atoms with Crippen molar-refractivity contribution in [3.8, 4) is 0 Å². The first-order valence-corrected chi connectivity index (χ1v) is 5.10. The molecule has 2 heteroatoms. The Hall–Kier alpha value is -0.340. The lowest BCUT2D eigenvalue weighted by Gasteiger charge is -1.90. The van der Waals surface area contributed by atoms with Gasteiger partial charge in [0, 0.05) is 10.4 Å². The minimum atomic E-state index is 1.16. The third-order valence-electron chi connectivity index (χ3n) is 2.44. The van der Waals surface area contributed by atoms with Crippen LogP contribution in [0.2, 0.25) is 0 Å². The number of quaternary nitrogens is 1. The van der Waals surface area contributed by atoms with Crippen molar-refractivity contribution in [2.45, 2.75) is 32.6 Å². The van der Waals surface area contributed by atoms with Crippen LogP contribution in [0.5, 0.6) is 0 Å². The molecule has 0 fully saturated rings. The predicted octanol–water partition coefficient (Wildman–Crippen LogP) is 1.67. The van der Waals surface area contributed by atoms with Crippen molar-refractivity contribution in [1.29, 1.82) is 0 Å². The molecule has 1 aliphatic rings. The topological polar surface area (TPSA) is 27.6 Å². The van der Waals surface area contributed by atoms with Crippen molar-refractivity contribution in [2.24, 2.45) is 0 Å². The zero-order valence-electron chi connectivity index (χ0n) is 6.94. The summed E-state index contributed by atoms with van der Waals surface area (Å²) in [5, 5.41) is 0. The van der Waals surface area contributed by atoms with E-state index < -0.39 is 0 Å². The second-order valence-electron chi connectivity index (χ2n) is 3.11.